The first-order chi connectivity index (χ1) is 11.8. The molecule has 25 heavy (non-hydrogen) atoms. The predicted octanol–water partition coefficient (Wildman–Crippen LogP) is 5.06. The second kappa shape index (κ2) is 5.85. The quantitative estimate of drug-likeness (QED) is 0.633. The van der Waals surface area contributed by atoms with Crippen molar-refractivity contribution in [2.45, 2.75) is 31.5 Å². The average molecular weight is 385 g/mol. The molecule has 0 atom stereocenters. The zero-order valence-corrected chi connectivity index (χ0v) is 14.4. The Morgan fingerprint density at radius 2 is 2.00 bits per heavy atom. The fraction of sp³-hybridized carbons (Fsp3) is 0.294. The SMILES string of the molecule is O=c1c(C(F)(F)F)cc(C2CC2)nn1Cc1sc2ccccc2c1Cl. The lowest BCUT2D eigenvalue weighted by Gasteiger charge is -2.12. The summed E-state index contributed by atoms with van der Waals surface area (Å²) in [6, 6.07) is 8.31. The number of rotatable bonds is 3. The lowest BCUT2D eigenvalue weighted by Crippen LogP contribution is -2.31. The molecule has 8 heteroatoms. The van der Waals surface area contributed by atoms with Crippen molar-refractivity contribution < 1.29 is 13.2 Å². The van der Waals surface area contributed by atoms with Gasteiger partial charge in [-0.1, -0.05) is 29.8 Å². The van der Waals surface area contributed by atoms with E-state index in [1.807, 2.05) is 24.3 Å². The van der Waals surface area contributed by atoms with Crippen molar-refractivity contribution in [3.8, 4) is 0 Å². The maximum absolute atomic E-state index is 13.2. The molecule has 3 nitrogen and oxygen atoms in total. The summed E-state index contributed by atoms with van der Waals surface area (Å²) < 4.78 is 41.5. The molecular weight excluding hydrogens is 373 g/mol. The number of thiophene rings is 1. The van der Waals surface area contributed by atoms with Crippen molar-refractivity contribution in [2.75, 3.05) is 0 Å². The summed E-state index contributed by atoms with van der Waals surface area (Å²) in [6.45, 7) is -0.0688. The van der Waals surface area contributed by atoms with Crippen LogP contribution in [0.25, 0.3) is 10.1 Å². The first kappa shape index (κ1) is 16.6. The van der Waals surface area contributed by atoms with Crippen LogP contribution >= 0.6 is 22.9 Å². The van der Waals surface area contributed by atoms with Gasteiger partial charge in [0.2, 0.25) is 0 Å². The third-order valence-corrected chi connectivity index (χ3v) is 5.89. The molecule has 1 aromatic carbocycles. The van der Waals surface area contributed by atoms with Gasteiger partial charge in [0.05, 0.1) is 17.3 Å². The standard InChI is InChI=1S/C17H12ClF3N2OS/c18-15-10-3-1-2-4-13(10)25-14(15)8-23-16(24)11(17(19,20)21)7-12(22-23)9-5-6-9/h1-4,7,9H,5-6,8H2. The van der Waals surface area contributed by atoms with Gasteiger partial charge in [0, 0.05) is 20.9 Å². The Labute approximate surface area is 149 Å². The Bertz CT molecular complexity index is 1020. The Kier molecular flexibility index (Phi) is 3.88. The number of aromatic nitrogens is 2. The summed E-state index contributed by atoms with van der Waals surface area (Å²) in [5.74, 6) is 0.00540. The Morgan fingerprint density at radius 1 is 1.28 bits per heavy atom. The van der Waals surface area contributed by atoms with Crippen molar-refractivity contribution in [1.82, 2.24) is 9.78 Å². The van der Waals surface area contributed by atoms with E-state index in [1.165, 1.54) is 11.3 Å². The van der Waals surface area contributed by atoms with Crippen molar-refractivity contribution in [3.63, 3.8) is 0 Å². The molecule has 1 fully saturated rings. The smallest absolute Gasteiger partial charge is 0.267 e. The van der Waals surface area contributed by atoms with Crippen LogP contribution in [0.15, 0.2) is 35.1 Å². The first-order valence-electron chi connectivity index (χ1n) is 7.70. The van der Waals surface area contributed by atoms with E-state index in [0.717, 1.165) is 33.7 Å². The number of hydrogen-bond acceptors (Lipinski definition) is 3. The van der Waals surface area contributed by atoms with Crippen LogP contribution in [-0.2, 0) is 12.7 Å². The number of nitrogens with zero attached hydrogens (tertiary/aromatic N) is 2. The van der Waals surface area contributed by atoms with E-state index in [-0.39, 0.29) is 12.5 Å². The zero-order valence-electron chi connectivity index (χ0n) is 12.8. The Balaban J connectivity index is 1.82. The molecule has 130 valence electrons. The van der Waals surface area contributed by atoms with Crippen LogP contribution in [0.5, 0.6) is 0 Å². The van der Waals surface area contributed by atoms with E-state index in [9.17, 15) is 18.0 Å². The largest absolute Gasteiger partial charge is 0.421 e. The van der Waals surface area contributed by atoms with E-state index in [4.69, 9.17) is 11.6 Å². The maximum Gasteiger partial charge on any atom is 0.421 e. The lowest BCUT2D eigenvalue weighted by atomic mass is 10.2. The van der Waals surface area contributed by atoms with Crippen molar-refractivity contribution in [2.24, 2.45) is 0 Å². The Morgan fingerprint density at radius 3 is 2.64 bits per heavy atom. The maximum atomic E-state index is 13.2. The fourth-order valence-corrected chi connectivity index (χ4v) is 4.23. The van der Waals surface area contributed by atoms with Gasteiger partial charge in [-0.3, -0.25) is 4.79 Å². The molecule has 2 heterocycles. The summed E-state index contributed by atoms with van der Waals surface area (Å²) >= 11 is 7.71. The number of benzene rings is 1. The van der Waals surface area contributed by atoms with Crippen molar-refractivity contribution >= 4 is 33.0 Å². The van der Waals surface area contributed by atoms with Gasteiger partial charge in [0.15, 0.2) is 0 Å². The highest BCUT2D eigenvalue weighted by atomic mass is 35.5. The van der Waals surface area contributed by atoms with Gasteiger partial charge in [-0.15, -0.1) is 11.3 Å². The molecule has 0 aliphatic heterocycles. The van der Waals surface area contributed by atoms with Crippen molar-refractivity contribution in [1.29, 1.82) is 0 Å². The molecule has 0 radical (unpaired) electrons. The second-order valence-corrected chi connectivity index (χ2v) is 7.57. The van der Waals surface area contributed by atoms with E-state index in [2.05, 4.69) is 5.10 Å². The van der Waals surface area contributed by atoms with E-state index >= 15 is 0 Å². The van der Waals surface area contributed by atoms with Crippen LogP contribution < -0.4 is 5.56 Å². The summed E-state index contributed by atoms with van der Waals surface area (Å²) in [7, 11) is 0. The monoisotopic (exact) mass is 384 g/mol. The van der Waals surface area contributed by atoms with Gasteiger partial charge in [0.1, 0.15) is 5.56 Å². The Hall–Kier alpha value is -1.86. The molecule has 0 unspecified atom stereocenters. The van der Waals surface area contributed by atoms with Gasteiger partial charge in [-0.2, -0.15) is 18.3 Å². The molecule has 1 aliphatic carbocycles. The van der Waals surface area contributed by atoms with Gasteiger partial charge in [-0.25, -0.2) is 4.68 Å². The van der Waals surface area contributed by atoms with Gasteiger partial charge in [-0.05, 0) is 25.0 Å². The molecule has 3 aromatic rings. The lowest BCUT2D eigenvalue weighted by molar-refractivity contribution is -0.139. The van der Waals surface area contributed by atoms with Gasteiger partial charge in [0.25, 0.3) is 5.56 Å². The van der Waals surface area contributed by atoms with Crippen LogP contribution in [0.1, 0.15) is 34.9 Å². The highest BCUT2D eigenvalue weighted by Crippen LogP contribution is 2.40. The molecule has 0 amide bonds. The average Bonchev–Trinajstić information content (AvgIpc) is 3.35. The van der Waals surface area contributed by atoms with E-state index in [0.29, 0.717) is 15.6 Å². The van der Waals surface area contributed by atoms with E-state index in [1.54, 1.807) is 0 Å². The van der Waals surface area contributed by atoms with Gasteiger partial charge < -0.3 is 0 Å². The normalized spacial score (nSPS) is 15.0. The van der Waals surface area contributed by atoms with E-state index < -0.39 is 17.3 Å². The molecule has 1 saturated carbocycles. The number of halogens is 4. The highest BCUT2D eigenvalue weighted by molar-refractivity contribution is 7.19. The fourth-order valence-electron chi connectivity index (χ4n) is 2.75. The van der Waals surface area contributed by atoms with Crippen LogP contribution in [-0.4, -0.2) is 9.78 Å². The molecule has 1 aliphatic rings. The molecule has 2 aromatic heterocycles. The highest BCUT2D eigenvalue weighted by Gasteiger charge is 2.37. The second-order valence-electron chi connectivity index (χ2n) is 6.05. The zero-order chi connectivity index (χ0) is 17.8. The number of alkyl halides is 3. The minimum Gasteiger partial charge on any atom is -0.267 e. The predicted molar refractivity (Wildman–Crippen MR) is 91.4 cm³/mol. The number of fused-ring (bicyclic) bond motifs is 1. The van der Waals surface area contributed by atoms with Crippen LogP contribution in [0.2, 0.25) is 5.02 Å². The van der Waals surface area contributed by atoms with Crippen LogP contribution in [0.3, 0.4) is 0 Å². The van der Waals surface area contributed by atoms with Crippen LogP contribution in [0.4, 0.5) is 13.2 Å². The van der Waals surface area contributed by atoms with Crippen molar-refractivity contribution in [3.05, 3.63) is 61.8 Å². The molecular formula is C17H12ClF3N2OS. The third-order valence-electron chi connectivity index (χ3n) is 4.19. The molecule has 0 spiro atoms. The van der Waals surface area contributed by atoms with Crippen LogP contribution in [0, 0.1) is 0 Å². The summed E-state index contributed by atoms with van der Waals surface area (Å²) in [6.07, 6.45) is -3.10. The molecule has 0 bridgehead atoms. The molecule has 0 saturated heterocycles. The third kappa shape index (κ3) is 3.06. The van der Waals surface area contributed by atoms with Gasteiger partial charge >= 0.3 is 6.18 Å². The molecule has 4 rings (SSSR count). The minimum atomic E-state index is -4.70. The summed E-state index contributed by atoms with van der Waals surface area (Å²) in [4.78, 5) is 12.9. The first-order valence-corrected chi connectivity index (χ1v) is 8.89. The summed E-state index contributed by atoms with van der Waals surface area (Å²) in [5.41, 5.74) is -1.98. The molecule has 0 N–H and O–H groups in total. The topological polar surface area (TPSA) is 34.9 Å². The summed E-state index contributed by atoms with van der Waals surface area (Å²) in [5, 5.41) is 5.45. The number of hydrogen-bond donors (Lipinski definition) is 0. The minimum absolute atomic E-state index is 0.00540.